The zero-order valence-electron chi connectivity index (χ0n) is 11.6. The minimum atomic E-state index is -0.280. The van der Waals surface area contributed by atoms with Crippen molar-refractivity contribution in [2.24, 2.45) is 5.73 Å². The normalized spacial score (nSPS) is 12.2. The van der Waals surface area contributed by atoms with Gasteiger partial charge in [-0.3, -0.25) is 0 Å². The quantitative estimate of drug-likeness (QED) is 0.758. The largest absolute Gasteiger partial charge is 0.489 e. The van der Waals surface area contributed by atoms with E-state index in [4.69, 9.17) is 10.5 Å². The van der Waals surface area contributed by atoms with Crippen molar-refractivity contribution in [2.75, 3.05) is 0 Å². The van der Waals surface area contributed by atoms with Gasteiger partial charge in [0.25, 0.3) is 0 Å². The molecule has 2 aromatic carbocycles. The molecule has 0 aliphatic heterocycles. The molecule has 1 unspecified atom stereocenters. The Balaban J connectivity index is 2.09. The highest BCUT2D eigenvalue weighted by Gasteiger charge is 2.07. The summed E-state index contributed by atoms with van der Waals surface area (Å²) < 4.78 is 21.1. The Bertz CT molecular complexity index is 632. The van der Waals surface area contributed by atoms with E-state index in [0.29, 0.717) is 15.8 Å². The fraction of sp³-hybridized carbons (Fsp3) is 0.250. The molecule has 2 nitrogen and oxygen atoms in total. The third kappa shape index (κ3) is 4.80. The Kier molecular flexibility index (Phi) is 5.79. The Morgan fingerprint density at radius 3 is 2.57 bits per heavy atom. The van der Waals surface area contributed by atoms with Gasteiger partial charge in [-0.1, -0.05) is 37.9 Å². The van der Waals surface area contributed by atoms with Gasteiger partial charge in [-0.05, 0) is 49.2 Å². The lowest BCUT2D eigenvalue weighted by Crippen LogP contribution is -2.18. The fourth-order valence-corrected chi connectivity index (χ4v) is 2.69. The first-order chi connectivity index (χ1) is 9.95. The summed E-state index contributed by atoms with van der Waals surface area (Å²) >= 11 is 6.73. The van der Waals surface area contributed by atoms with Crippen LogP contribution < -0.4 is 10.5 Å². The second-order valence-electron chi connectivity index (χ2n) is 4.96. The van der Waals surface area contributed by atoms with Crippen LogP contribution in [0.3, 0.4) is 0 Å². The van der Waals surface area contributed by atoms with Gasteiger partial charge in [0.2, 0.25) is 0 Å². The van der Waals surface area contributed by atoms with Gasteiger partial charge in [-0.2, -0.15) is 0 Å². The Morgan fingerprint density at radius 2 is 1.90 bits per heavy atom. The van der Waals surface area contributed by atoms with Crippen molar-refractivity contribution in [3.05, 3.63) is 62.3 Å². The monoisotopic (exact) mass is 415 g/mol. The van der Waals surface area contributed by atoms with Crippen molar-refractivity contribution in [3.8, 4) is 5.75 Å². The van der Waals surface area contributed by atoms with Gasteiger partial charge in [0, 0.05) is 20.6 Å². The zero-order chi connectivity index (χ0) is 15.4. The van der Waals surface area contributed by atoms with Crippen LogP contribution in [0.5, 0.6) is 5.75 Å². The molecule has 5 heteroatoms. The van der Waals surface area contributed by atoms with Crippen LogP contribution in [0, 0.1) is 5.82 Å². The third-order valence-corrected chi connectivity index (χ3v) is 4.24. The van der Waals surface area contributed by atoms with E-state index < -0.39 is 0 Å². The van der Waals surface area contributed by atoms with Crippen LogP contribution >= 0.6 is 31.9 Å². The lowest BCUT2D eigenvalue weighted by molar-refractivity contribution is 0.299. The van der Waals surface area contributed by atoms with E-state index >= 15 is 0 Å². The molecule has 0 saturated carbocycles. The molecular weight excluding hydrogens is 401 g/mol. The molecule has 0 bridgehead atoms. The van der Waals surface area contributed by atoms with Crippen molar-refractivity contribution in [1.29, 1.82) is 0 Å². The molecule has 0 aromatic heterocycles. The van der Waals surface area contributed by atoms with Crippen LogP contribution in [0.2, 0.25) is 0 Å². The average molecular weight is 417 g/mol. The van der Waals surface area contributed by atoms with Crippen molar-refractivity contribution in [2.45, 2.75) is 26.0 Å². The molecule has 0 fully saturated rings. The zero-order valence-corrected chi connectivity index (χ0v) is 14.7. The van der Waals surface area contributed by atoms with E-state index in [9.17, 15) is 4.39 Å². The number of benzene rings is 2. The van der Waals surface area contributed by atoms with E-state index in [1.54, 1.807) is 12.1 Å². The lowest BCUT2D eigenvalue weighted by atomic mass is 10.1. The maximum Gasteiger partial charge on any atom is 0.130 e. The predicted molar refractivity (Wildman–Crippen MR) is 89.9 cm³/mol. The molecule has 0 heterocycles. The summed E-state index contributed by atoms with van der Waals surface area (Å²) in [7, 11) is 0. The Hall–Kier alpha value is -0.910. The fourth-order valence-electron chi connectivity index (χ4n) is 1.94. The number of halogens is 3. The summed E-state index contributed by atoms with van der Waals surface area (Å²) in [5.41, 5.74) is 7.43. The van der Waals surface area contributed by atoms with Gasteiger partial charge in [0.1, 0.15) is 18.2 Å². The smallest absolute Gasteiger partial charge is 0.130 e. The Labute approximate surface area is 140 Å². The van der Waals surface area contributed by atoms with E-state index in [-0.39, 0.29) is 18.5 Å². The first-order valence-electron chi connectivity index (χ1n) is 6.56. The third-order valence-electron chi connectivity index (χ3n) is 2.97. The summed E-state index contributed by atoms with van der Waals surface area (Å²) in [5, 5.41) is 0. The summed E-state index contributed by atoms with van der Waals surface area (Å²) in [4.78, 5) is 0. The number of hydrogen-bond donors (Lipinski definition) is 1. The van der Waals surface area contributed by atoms with Crippen molar-refractivity contribution in [1.82, 2.24) is 0 Å². The van der Waals surface area contributed by atoms with Crippen LogP contribution in [-0.2, 0) is 13.0 Å². The topological polar surface area (TPSA) is 35.2 Å². The molecule has 2 rings (SSSR count). The molecule has 0 saturated heterocycles. The number of hydrogen-bond acceptors (Lipinski definition) is 2. The standard InChI is InChI=1S/C16H16Br2FNO/c1-10(20)6-12-7-14(4-5-15(12)18)21-9-11-2-3-13(17)8-16(11)19/h2-5,7-8,10H,6,9,20H2,1H3. The van der Waals surface area contributed by atoms with E-state index in [1.807, 2.05) is 25.1 Å². The maximum absolute atomic E-state index is 13.7. The minimum absolute atomic E-state index is 0.0699. The van der Waals surface area contributed by atoms with E-state index in [2.05, 4.69) is 31.9 Å². The predicted octanol–water partition coefficient (Wildman–Crippen LogP) is 4.82. The van der Waals surface area contributed by atoms with Gasteiger partial charge in [0.05, 0.1) is 0 Å². The second kappa shape index (κ2) is 7.38. The van der Waals surface area contributed by atoms with Crippen LogP contribution in [0.15, 0.2) is 45.3 Å². The molecule has 0 spiro atoms. The van der Waals surface area contributed by atoms with E-state index in [1.165, 1.54) is 6.07 Å². The summed E-state index contributed by atoms with van der Waals surface area (Å²) in [6.45, 7) is 2.15. The molecule has 2 N–H and O–H groups in total. The maximum atomic E-state index is 13.7. The highest BCUT2D eigenvalue weighted by Crippen LogP contribution is 2.25. The van der Waals surface area contributed by atoms with Gasteiger partial charge in [-0.25, -0.2) is 4.39 Å². The molecule has 2 aromatic rings. The summed E-state index contributed by atoms with van der Waals surface area (Å²) in [6.07, 6.45) is 0.754. The number of ether oxygens (including phenoxy) is 1. The minimum Gasteiger partial charge on any atom is -0.489 e. The van der Waals surface area contributed by atoms with Crippen molar-refractivity contribution < 1.29 is 9.13 Å². The van der Waals surface area contributed by atoms with Gasteiger partial charge in [0.15, 0.2) is 0 Å². The van der Waals surface area contributed by atoms with Gasteiger partial charge < -0.3 is 10.5 Å². The second-order valence-corrected chi connectivity index (χ2v) is 6.73. The first kappa shape index (κ1) is 16.5. The van der Waals surface area contributed by atoms with E-state index in [0.717, 1.165) is 16.5 Å². The highest BCUT2D eigenvalue weighted by atomic mass is 79.9. The van der Waals surface area contributed by atoms with Crippen LogP contribution in [-0.4, -0.2) is 6.04 Å². The van der Waals surface area contributed by atoms with Crippen LogP contribution in [0.1, 0.15) is 18.1 Å². The van der Waals surface area contributed by atoms with Gasteiger partial charge >= 0.3 is 0 Å². The van der Waals surface area contributed by atoms with Gasteiger partial charge in [-0.15, -0.1) is 0 Å². The Morgan fingerprint density at radius 1 is 1.14 bits per heavy atom. The molecule has 0 aliphatic rings. The SMILES string of the molecule is CC(N)Cc1cc(OCc2ccc(Br)cc2F)ccc1Br. The summed E-state index contributed by atoms with van der Waals surface area (Å²) in [5.74, 6) is 0.424. The molecule has 0 radical (unpaired) electrons. The highest BCUT2D eigenvalue weighted by molar-refractivity contribution is 9.10. The molecule has 0 amide bonds. The van der Waals surface area contributed by atoms with Crippen molar-refractivity contribution in [3.63, 3.8) is 0 Å². The molecule has 21 heavy (non-hydrogen) atoms. The number of rotatable bonds is 5. The molecule has 1 atom stereocenters. The van der Waals surface area contributed by atoms with Crippen LogP contribution in [0.4, 0.5) is 4.39 Å². The first-order valence-corrected chi connectivity index (χ1v) is 8.15. The number of nitrogens with two attached hydrogens (primary N) is 1. The van der Waals surface area contributed by atoms with Crippen molar-refractivity contribution >= 4 is 31.9 Å². The molecule has 0 aliphatic carbocycles. The average Bonchev–Trinajstić information content (AvgIpc) is 2.40. The molecular formula is C16H16Br2FNO. The van der Waals surface area contributed by atoms with Crippen LogP contribution in [0.25, 0.3) is 0 Å². The molecule has 112 valence electrons. The summed E-state index contributed by atoms with van der Waals surface area (Å²) in [6, 6.07) is 10.7. The lowest BCUT2D eigenvalue weighted by Gasteiger charge is -2.12.